The van der Waals surface area contributed by atoms with E-state index in [1.54, 1.807) is 0 Å². The molecule has 20 heavy (non-hydrogen) atoms. The van der Waals surface area contributed by atoms with Crippen LogP contribution in [0.25, 0.3) is 0 Å². The summed E-state index contributed by atoms with van der Waals surface area (Å²) in [7, 11) is 2.30. The van der Waals surface area contributed by atoms with Crippen LogP contribution in [0.3, 0.4) is 0 Å². The Balaban J connectivity index is 1.25. The van der Waals surface area contributed by atoms with Gasteiger partial charge in [-0.05, 0) is 76.4 Å². The van der Waals surface area contributed by atoms with Crippen molar-refractivity contribution in [1.29, 1.82) is 0 Å². The average molecular weight is 280 g/mol. The van der Waals surface area contributed by atoms with E-state index in [4.69, 9.17) is 4.74 Å². The lowest BCUT2D eigenvalue weighted by molar-refractivity contribution is 0.0279. The van der Waals surface area contributed by atoms with Crippen molar-refractivity contribution >= 4 is 0 Å². The standard InChI is InChI=1S/C17H32N2O/c1-19(13-16-12-14-3-4-15(16)11-14)9-2-10-20-17-5-7-18-8-6-17/h14-18H,2-13H2,1H3. The van der Waals surface area contributed by atoms with E-state index in [2.05, 4.69) is 17.3 Å². The van der Waals surface area contributed by atoms with Gasteiger partial charge < -0.3 is 15.0 Å². The van der Waals surface area contributed by atoms with E-state index < -0.39 is 0 Å². The molecule has 0 amide bonds. The van der Waals surface area contributed by atoms with Crippen molar-refractivity contribution in [2.24, 2.45) is 17.8 Å². The highest BCUT2D eigenvalue weighted by atomic mass is 16.5. The first-order valence-electron chi connectivity index (χ1n) is 8.82. The summed E-state index contributed by atoms with van der Waals surface area (Å²) in [5, 5.41) is 3.39. The van der Waals surface area contributed by atoms with Crippen molar-refractivity contribution in [1.82, 2.24) is 10.2 Å². The molecular formula is C17H32N2O. The molecule has 0 aromatic rings. The zero-order valence-corrected chi connectivity index (χ0v) is 13.2. The van der Waals surface area contributed by atoms with Gasteiger partial charge in [-0.2, -0.15) is 0 Å². The van der Waals surface area contributed by atoms with Crippen LogP contribution in [0.4, 0.5) is 0 Å². The molecular weight excluding hydrogens is 248 g/mol. The number of nitrogens with zero attached hydrogens (tertiary/aromatic N) is 1. The number of nitrogens with one attached hydrogen (secondary N) is 1. The molecule has 2 saturated carbocycles. The highest BCUT2D eigenvalue weighted by molar-refractivity contribution is 4.90. The van der Waals surface area contributed by atoms with E-state index in [9.17, 15) is 0 Å². The van der Waals surface area contributed by atoms with Crippen LogP contribution < -0.4 is 5.32 Å². The van der Waals surface area contributed by atoms with E-state index in [0.29, 0.717) is 6.10 Å². The normalized spacial score (nSPS) is 34.2. The van der Waals surface area contributed by atoms with Crippen molar-refractivity contribution in [3.63, 3.8) is 0 Å². The summed E-state index contributed by atoms with van der Waals surface area (Å²) < 4.78 is 5.99. The van der Waals surface area contributed by atoms with E-state index in [0.717, 1.165) is 37.5 Å². The third-order valence-electron chi connectivity index (χ3n) is 5.75. The summed E-state index contributed by atoms with van der Waals surface area (Å²) in [5.74, 6) is 3.15. The van der Waals surface area contributed by atoms with Crippen LogP contribution in [0.5, 0.6) is 0 Å². The van der Waals surface area contributed by atoms with Gasteiger partial charge in [0.25, 0.3) is 0 Å². The monoisotopic (exact) mass is 280 g/mol. The SMILES string of the molecule is CN(CCCOC1CCNCC1)CC1CC2CCC1C2. The molecule has 3 fully saturated rings. The molecule has 1 saturated heterocycles. The zero-order chi connectivity index (χ0) is 13.8. The second kappa shape index (κ2) is 7.24. The summed E-state index contributed by atoms with van der Waals surface area (Å²) in [5.41, 5.74) is 0. The van der Waals surface area contributed by atoms with Gasteiger partial charge in [-0.1, -0.05) is 6.42 Å². The highest BCUT2D eigenvalue weighted by Crippen LogP contribution is 2.48. The smallest absolute Gasteiger partial charge is 0.0599 e. The summed E-state index contributed by atoms with van der Waals surface area (Å²) in [4.78, 5) is 2.55. The topological polar surface area (TPSA) is 24.5 Å². The van der Waals surface area contributed by atoms with Gasteiger partial charge in [-0.3, -0.25) is 0 Å². The Morgan fingerprint density at radius 3 is 2.65 bits per heavy atom. The van der Waals surface area contributed by atoms with Crippen molar-refractivity contribution in [3.05, 3.63) is 0 Å². The fraction of sp³-hybridized carbons (Fsp3) is 1.00. The molecule has 0 radical (unpaired) electrons. The zero-order valence-electron chi connectivity index (χ0n) is 13.2. The number of rotatable bonds is 7. The molecule has 1 N–H and O–H groups in total. The van der Waals surface area contributed by atoms with Crippen LogP contribution in [0.1, 0.15) is 44.9 Å². The van der Waals surface area contributed by atoms with Crippen LogP contribution in [0, 0.1) is 17.8 Å². The fourth-order valence-electron chi connectivity index (χ4n) is 4.64. The Hall–Kier alpha value is -0.120. The predicted molar refractivity (Wildman–Crippen MR) is 82.9 cm³/mol. The molecule has 3 heteroatoms. The molecule has 3 nitrogen and oxygen atoms in total. The molecule has 1 heterocycles. The number of piperidine rings is 1. The first-order chi connectivity index (χ1) is 9.81. The Bertz CT molecular complexity index is 291. The van der Waals surface area contributed by atoms with E-state index >= 15 is 0 Å². The predicted octanol–water partition coefficient (Wildman–Crippen LogP) is 2.51. The van der Waals surface area contributed by atoms with Crippen LogP contribution in [0.2, 0.25) is 0 Å². The van der Waals surface area contributed by atoms with Crippen LogP contribution in [0.15, 0.2) is 0 Å². The Morgan fingerprint density at radius 1 is 1.10 bits per heavy atom. The van der Waals surface area contributed by atoms with Crippen molar-refractivity contribution in [3.8, 4) is 0 Å². The quantitative estimate of drug-likeness (QED) is 0.725. The molecule has 3 atom stereocenters. The minimum absolute atomic E-state index is 0.520. The number of hydrogen-bond acceptors (Lipinski definition) is 3. The van der Waals surface area contributed by atoms with Crippen LogP contribution >= 0.6 is 0 Å². The third kappa shape index (κ3) is 3.96. The van der Waals surface area contributed by atoms with Crippen molar-refractivity contribution in [2.45, 2.75) is 51.0 Å². The Kier molecular flexibility index (Phi) is 5.36. The van der Waals surface area contributed by atoms with E-state index in [-0.39, 0.29) is 0 Å². The lowest BCUT2D eigenvalue weighted by atomic mass is 9.88. The maximum absolute atomic E-state index is 5.99. The summed E-state index contributed by atoms with van der Waals surface area (Å²) in [6.07, 6.45) is 10.2. The van der Waals surface area contributed by atoms with Gasteiger partial charge in [0, 0.05) is 19.7 Å². The number of ether oxygens (including phenoxy) is 1. The van der Waals surface area contributed by atoms with Gasteiger partial charge in [0.05, 0.1) is 6.10 Å². The highest BCUT2D eigenvalue weighted by Gasteiger charge is 2.39. The first-order valence-corrected chi connectivity index (χ1v) is 8.82. The molecule has 2 bridgehead atoms. The van der Waals surface area contributed by atoms with Crippen molar-refractivity contribution in [2.75, 3.05) is 39.8 Å². The van der Waals surface area contributed by atoms with E-state index in [1.807, 2.05) is 0 Å². The maximum Gasteiger partial charge on any atom is 0.0599 e. The minimum Gasteiger partial charge on any atom is -0.378 e. The third-order valence-corrected chi connectivity index (χ3v) is 5.75. The Labute approximate surface area is 124 Å². The van der Waals surface area contributed by atoms with Crippen LogP contribution in [-0.2, 0) is 4.74 Å². The molecule has 3 rings (SSSR count). The van der Waals surface area contributed by atoms with E-state index in [1.165, 1.54) is 58.0 Å². The van der Waals surface area contributed by atoms with Gasteiger partial charge in [0.1, 0.15) is 0 Å². The molecule has 116 valence electrons. The minimum atomic E-state index is 0.520. The maximum atomic E-state index is 5.99. The van der Waals surface area contributed by atoms with Crippen LogP contribution in [-0.4, -0.2) is 50.8 Å². The van der Waals surface area contributed by atoms with Gasteiger partial charge >= 0.3 is 0 Å². The van der Waals surface area contributed by atoms with Gasteiger partial charge in [0.15, 0.2) is 0 Å². The molecule has 0 aromatic carbocycles. The molecule has 3 aliphatic rings. The number of hydrogen-bond donors (Lipinski definition) is 1. The molecule has 3 unspecified atom stereocenters. The largest absolute Gasteiger partial charge is 0.378 e. The summed E-state index contributed by atoms with van der Waals surface area (Å²) >= 11 is 0. The molecule has 0 spiro atoms. The van der Waals surface area contributed by atoms with Gasteiger partial charge in [-0.25, -0.2) is 0 Å². The lowest BCUT2D eigenvalue weighted by Gasteiger charge is -2.27. The molecule has 2 aliphatic carbocycles. The van der Waals surface area contributed by atoms with Gasteiger partial charge in [0.2, 0.25) is 0 Å². The second-order valence-electron chi connectivity index (χ2n) is 7.37. The summed E-state index contributed by atoms with van der Waals surface area (Å²) in [6.45, 7) is 5.75. The fourth-order valence-corrected chi connectivity index (χ4v) is 4.64. The summed E-state index contributed by atoms with van der Waals surface area (Å²) in [6, 6.07) is 0. The second-order valence-corrected chi connectivity index (χ2v) is 7.37. The number of fused-ring (bicyclic) bond motifs is 2. The first kappa shape index (κ1) is 14.8. The Morgan fingerprint density at radius 2 is 1.95 bits per heavy atom. The lowest BCUT2D eigenvalue weighted by Crippen LogP contribution is -2.33. The molecule has 1 aliphatic heterocycles. The van der Waals surface area contributed by atoms with Gasteiger partial charge in [-0.15, -0.1) is 0 Å². The molecule has 0 aromatic heterocycles. The average Bonchev–Trinajstić information content (AvgIpc) is 3.07. The van der Waals surface area contributed by atoms with Crippen molar-refractivity contribution < 1.29 is 4.74 Å².